The minimum Gasteiger partial charge on any atom is -0.391 e. The van der Waals surface area contributed by atoms with E-state index in [1.165, 1.54) is 16.9 Å². The molecule has 0 spiro atoms. The summed E-state index contributed by atoms with van der Waals surface area (Å²) < 4.78 is 0. The van der Waals surface area contributed by atoms with Crippen molar-refractivity contribution in [1.82, 2.24) is 9.88 Å². The van der Waals surface area contributed by atoms with Crippen LogP contribution in [-0.2, 0) is 6.42 Å². The molecule has 4 nitrogen and oxygen atoms in total. The summed E-state index contributed by atoms with van der Waals surface area (Å²) in [6.07, 6.45) is 2.00. The van der Waals surface area contributed by atoms with Crippen molar-refractivity contribution in [3.05, 3.63) is 51.5 Å². The third-order valence-electron chi connectivity index (χ3n) is 3.92. The van der Waals surface area contributed by atoms with Gasteiger partial charge < -0.3 is 10.0 Å². The van der Waals surface area contributed by atoms with Gasteiger partial charge in [-0.15, -0.1) is 11.3 Å². The lowest BCUT2D eigenvalue weighted by Gasteiger charge is -2.29. The fraction of sp³-hybridized carbons (Fsp3) is 0.412. The fourth-order valence-corrected chi connectivity index (χ4v) is 3.85. The van der Waals surface area contributed by atoms with Crippen LogP contribution in [0.4, 0.5) is 0 Å². The van der Waals surface area contributed by atoms with E-state index in [9.17, 15) is 9.90 Å². The molecule has 1 N–H and O–H groups in total. The Hall–Kier alpha value is -1.72. The second kappa shape index (κ2) is 6.58. The van der Waals surface area contributed by atoms with Crippen LogP contribution in [0.25, 0.3) is 0 Å². The van der Waals surface area contributed by atoms with Crippen molar-refractivity contribution in [2.45, 2.75) is 32.3 Å². The normalized spacial score (nSPS) is 18.5. The maximum atomic E-state index is 12.6. The zero-order valence-corrected chi connectivity index (χ0v) is 13.5. The summed E-state index contributed by atoms with van der Waals surface area (Å²) in [5.41, 5.74) is 1.99. The van der Waals surface area contributed by atoms with E-state index in [0.717, 1.165) is 36.5 Å². The number of aromatic nitrogens is 1. The van der Waals surface area contributed by atoms with Gasteiger partial charge in [-0.05, 0) is 25.3 Å². The number of β-amino-alcohol motifs (C(OH)–C–C–N with tert-alkyl or cyclic N) is 1. The molecule has 22 heavy (non-hydrogen) atoms. The molecule has 1 amide bonds. The number of likely N-dealkylation sites (tertiary alicyclic amines) is 1. The van der Waals surface area contributed by atoms with Gasteiger partial charge in [0.1, 0.15) is 4.88 Å². The minimum absolute atomic E-state index is 0.00746. The Morgan fingerprint density at radius 2 is 2.18 bits per heavy atom. The molecular weight excluding hydrogens is 296 g/mol. The van der Waals surface area contributed by atoms with E-state index in [1.807, 2.05) is 25.1 Å². The van der Waals surface area contributed by atoms with Crippen molar-refractivity contribution in [2.75, 3.05) is 13.1 Å². The summed E-state index contributed by atoms with van der Waals surface area (Å²) in [6.45, 7) is 3.05. The smallest absolute Gasteiger partial charge is 0.265 e. The van der Waals surface area contributed by atoms with Crippen LogP contribution in [0.2, 0.25) is 0 Å². The number of aliphatic hydroxyl groups excluding tert-OH is 1. The molecule has 0 unspecified atom stereocenters. The molecule has 1 aromatic carbocycles. The molecule has 1 fully saturated rings. The molecule has 116 valence electrons. The zero-order chi connectivity index (χ0) is 15.5. The standard InChI is InChI=1S/C17H20N2O2S/c1-12-16(17(21)19-9-5-8-14(20)11-19)22-15(18-12)10-13-6-3-2-4-7-13/h2-4,6-7,14,20H,5,8-11H2,1H3/t14-/m0/s1. The average Bonchev–Trinajstić information content (AvgIpc) is 2.88. The van der Waals surface area contributed by atoms with Crippen molar-refractivity contribution in [2.24, 2.45) is 0 Å². The van der Waals surface area contributed by atoms with E-state index in [2.05, 4.69) is 17.1 Å². The van der Waals surface area contributed by atoms with Crippen LogP contribution in [0.3, 0.4) is 0 Å². The van der Waals surface area contributed by atoms with Crippen molar-refractivity contribution in [3.63, 3.8) is 0 Å². The molecule has 0 saturated carbocycles. The highest BCUT2D eigenvalue weighted by atomic mass is 32.1. The third kappa shape index (κ3) is 3.36. The molecule has 2 aromatic rings. The first-order chi connectivity index (χ1) is 10.6. The monoisotopic (exact) mass is 316 g/mol. The van der Waals surface area contributed by atoms with Crippen LogP contribution in [0.15, 0.2) is 30.3 Å². The van der Waals surface area contributed by atoms with Gasteiger partial charge in [-0.25, -0.2) is 4.98 Å². The van der Waals surface area contributed by atoms with Gasteiger partial charge in [0.15, 0.2) is 0 Å². The van der Waals surface area contributed by atoms with Crippen LogP contribution >= 0.6 is 11.3 Å². The van der Waals surface area contributed by atoms with Crippen molar-refractivity contribution in [1.29, 1.82) is 0 Å². The van der Waals surface area contributed by atoms with Crippen molar-refractivity contribution >= 4 is 17.2 Å². The fourth-order valence-electron chi connectivity index (χ4n) is 2.78. The Morgan fingerprint density at radius 3 is 2.91 bits per heavy atom. The van der Waals surface area contributed by atoms with Gasteiger partial charge in [-0.1, -0.05) is 30.3 Å². The lowest BCUT2D eigenvalue weighted by Crippen LogP contribution is -2.42. The van der Waals surface area contributed by atoms with Gasteiger partial charge in [-0.2, -0.15) is 0 Å². The molecule has 0 bridgehead atoms. The van der Waals surface area contributed by atoms with E-state index in [-0.39, 0.29) is 5.91 Å². The maximum absolute atomic E-state index is 12.6. The zero-order valence-electron chi connectivity index (χ0n) is 12.7. The molecule has 0 aliphatic carbocycles. The van der Waals surface area contributed by atoms with E-state index in [1.54, 1.807) is 4.90 Å². The number of benzene rings is 1. The molecular formula is C17H20N2O2S. The number of hydrogen-bond acceptors (Lipinski definition) is 4. The van der Waals surface area contributed by atoms with Gasteiger partial charge in [-0.3, -0.25) is 4.79 Å². The summed E-state index contributed by atoms with van der Waals surface area (Å²) >= 11 is 1.47. The third-order valence-corrected chi connectivity index (χ3v) is 5.06. The summed E-state index contributed by atoms with van der Waals surface area (Å²) in [7, 11) is 0. The molecule has 1 aromatic heterocycles. The second-order valence-corrected chi connectivity index (χ2v) is 6.82. The SMILES string of the molecule is Cc1nc(Cc2ccccc2)sc1C(=O)N1CCC[C@H](O)C1. The molecule has 2 heterocycles. The second-order valence-electron chi connectivity index (χ2n) is 5.73. The van der Waals surface area contributed by atoms with E-state index >= 15 is 0 Å². The molecule has 1 aliphatic rings. The molecule has 1 atom stereocenters. The van der Waals surface area contributed by atoms with Gasteiger partial charge in [0.2, 0.25) is 0 Å². The van der Waals surface area contributed by atoms with Gasteiger partial charge >= 0.3 is 0 Å². The van der Waals surface area contributed by atoms with Crippen molar-refractivity contribution < 1.29 is 9.90 Å². The summed E-state index contributed by atoms with van der Waals surface area (Å²) in [5.74, 6) is 0.00746. The maximum Gasteiger partial charge on any atom is 0.265 e. The van der Waals surface area contributed by atoms with E-state index in [0.29, 0.717) is 11.4 Å². The first kappa shape index (κ1) is 15.2. The topological polar surface area (TPSA) is 53.4 Å². The first-order valence-electron chi connectivity index (χ1n) is 7.61. The largest absolute Gasteiger partial charge is 0.391 e. The number of aryl methyl sites for hydroxylation is 1. The van der Waals surface area contributed by atoms with Crippen LogP contribution in [0.1, 0.15) is 38.8 Å². The predicted molar refractivity (Wildman–Crippen MR) is 87.2 cm³/mol. The number of carbonyl (C=O) groups excluding carboxylic acids is 1. The highest BCUT2D eigenvalue weighted by Gasteiger charge is 2.26. The van der Waals surface area contributed by atoms with E-state index in [4.69, 9.17) is 0 Å². The predicted octanol–water partition coefficient (Wildman–Crippen LogP) is 2.64. The first-order valence-corrected chi connectivity index (χ1v) is 8.42. The van der Waals surface area contributed by atoms with Crippen LogP contribution < -0.4 is 0 Å². The number of nitrogens with zero attached hydrogens (tertiary/aromatic N) is 2. The lowest BCUT2D eigenvalue weighted by molar-refractivity contribution is 0.0477. The highest BCUT2D eigenvalue weighted by Crippen LogP contribution is 2.24. The number of piperidine rings is 1. The Balaban J connectivity index is 1.75. The number of hydrogen-bond donors (Lipinski definition) is 1. The molecule has 1 saturated heterocycles. The number of aliphatic hydroxyl groups is 1. The summed E-state index contributed by atoms with van der Waals surface area (Å²) in [5, 5.41) is 10.7. The Labute approximate surface area is 134 Å². The van der Waals surface area contributed by atoms with Crippen LogP contribution in [-0.4, -0.2) is 40.1 Å². The quantitative estimate of drug-likeness (QED) is 0.947. The molecule has 0 radical (unpaired) electrons. The van der Waals surface area contributed by atoms with Crippen LogP contribution in [0.5, 0.6) is 0 Å². The molecule has 3 rings (SSSR count). The Morgan fingerprint density at radius 1 is 1.41 bits per heavy atom. The Bertz CT molecular complexity index is 654. The lowest BCUT2D eigenvalue weighted by atomic mass is 10.1. The number of rotatable bonds is 3. The average molecular weight is 316 g/mol. The van der Waals surface area contributed by atoms with Crippen molar-refractivity contribution in [3.8, 4) is 0 Å². The summed E-state index contributed by atoms with van der Waals surface area (Å²) in [6, 6.07) is 10.2. The van der Waals surface area contributed by atoms with Gasteiger partial charge in [0.05, 0.1) is 16.8 Å². The number of carbonyl (C=O) groups is 1. The van der Waals surface area contributed by atoms with Gasteiger partial charge in [0.25, 0.3) is 5.91 Å². The summed E-state index contributed by atoms with van der Waals surface area (Å²) in [4.78, 5) is 19.6. The van der Waals surface area contributed by atoms with E-state index < -0.39 is 6.10 Å². The van der Waals surface area contributed by atoms with Gasteiger partial charge in [0, 0.05) is 19.5 Å². The highest BCUT2D eigenvalue weighted by molar-refractivity contribution is 7.13. The number of thiazole rings is 1. The minimum atomic E-state index is -0.394. The molecule has 1 aliphatic heterocycles. The molecule has 5 heteroatoms. The number of amides is 1. The Kier molecular flexibility index (Phi) is 4.55. The van der Waals surface area contributed by atoms with Crippen LogP contribution in [0, 0.1) is 6.92 Å².